The molecule has 1 rings (SSSR count). The predicted molar refractivity (Wildman–Crippen MR) is 99.7 cm³/mol. The van der Waals surface area contributed by atoms with Crippen molar-refractivity contribution in [3.8, 4) is 0 Å². The summed E-state index contributed by atoms with van der Waals surface area (Å²) in [5.41, 5.74) is 1.05. The Morgan fingerprint density at radius 3 is 1.67 bits per heavy atom. The van der Waals surface area contributed by atoms with Crippen LogP contribution in [-0.4, -0.2) is 11.8 Å². The van der Waals surface area contributed by atoms with Crippen LogP contribution in [0.2, 0.25) is 0 Å². The second-order valence-electron chi connectivity index (χ2n) is 7.09. The number of hydrogen-bond donors (Lipinski definition) is 0. The van der Waals surface area contributed by atoms with Crippen LogP contribution in [0.25, 0.3) is 0 Å². The van der Waals surface area contributed by atoms with E-state index >= 15 is 0 Å². The highest BCUT2D eigenvalue weighted by Gasteiger charge is 2.10. The Morgan fingerprint density at radius 2 is 1.10 bits per heavy atom. The van der Waals surface area contributed by atoms with Gasteiger partial charge in [-0.2, -0.15) is 0 Å². The highest BCUT2D eigenvalue weighted by Crippen LogP contribution is 2.31. The Balaban J connectivity index is 1.92. The first-order valence-corrected chi connectivity index (χ1v) is 11.2. The first-order valence-electron chi connectivity index (χ1n) is 10.1. The third kappa shape index (κ3) is 12.6. The number of rotatable bonds is 10. The van der Waals surface area contributed by atoms with Gasteiger partial charge in [0.1, 0.15) is 0 Å². The fraction of sp³-hybridized carbons (Fsp3) is 1.00. The number of hydrogen-bond acceptors (Lipinski definition) is 0. The van der Waals surface area contributed by atoms with E-state index in [0.29, 0.717) is 0 Å². The summed E-state index contributed by atoms with van der Waals surface area (Å²) >= 11 is 0. The first-order chi connectivity index (χ1) is 10.4. The van der Waals surface area contributed by atoms with E-state index < -0.39 is 0 Å². The van der Waals surface area contributed by atoms with E-state index in [1.165, 1.54) is 115 Å². The van der Waals surface area contributed by atoms with Crippen molar-refractivity contribution in [2.75, 3.05) is 6.16 Å². The standard InChI is InChI=1S/C20H40P/c1-2-3-4-5-6-10-13-16-19-21-20-17-14-11-8-7-9-12-15-18-20/h20H,2-19H2,1H3. The molecule has 0 spiro atoms. The van der Waals surface area contributed by atoms with Gasteiger partial charge < -0.3 is 0 Å². The molecule has 1 saturated carbocycles. The van der Waals surface area contributed by atoms with Crippen molar-refractivity contribution >= 4 is 8.58 Å². The topological polar surface area (TPSA) is 0 Å². The Kier molecular flexibility index (Phi) is 14.2. The van der Waals surface area contributed by atoms with Crippen molar-refractivity contribution in [3.63, 3.8) is 0 Å². The molecular formula is C20H40P. The molecule has 125 valence electrons. The lowest BCUT2D eigenvalue weighted by Gasteiger charge is -2.17. The van der Waals surface area contributed by atoms with Crippen LogP contribution in [0.1, 0.15) is 116 Å². The SMILES string of the molecule is CCCCCCCCCC[P]C1CCCCCCCCC1. The Bertz CT molecular complexity index is 192. The van der Waals surface area contributed by atoms with E-state index in [-0.39, 0.29) is 0 Å². The highest BCUT2D eigenvalue weighted by atomic mass is 31.1. The molecule has 0 nitrogen and oxygen atoms in total. The molecule has 0 aromatic carbocycles. The Labute approximate surface area is 137 Å². The van der Waals surface area contributed by atoms with Crippen molar-refractivity contribution in [2.45, 2.75) is 122 Å². The van der Waals surface area contributed by atoms with Gasteiger partial charge in [0.15, 0.2) is 0 Å². The Hall–Kier alpha value is 0.430. The molecule has 1 radical (unpaired) electrons. The second kappa shape index (κ2) is 15.3. The largest absolute Gasteiger partial charge is 0.0775 e. The molecule has 0 aromatic heterocycles. The zero-order valence-electron chi connectivity index (χ0n) is 14.8. The molecule has 0 saturated heterocycles. The molecule has 1 heteroatoms. The lowest BCUT2D eigenvalue weighted by Crippen LogP contribution is -2.03. The van der Waals surface area contributed by atoms with Crippen LogP contribution in [0, 0.1) is 0 Å². The van der Waals surface area contributed by atoms with Gasteiger partial charge in [-0.1, -0.05) is 105 Å². The van der Waals surface area contributed by atoms with Gasteiger partial charge in [-0.15, -0.1) is 0 Å². The van der Waals surface area contributed by atoms with Crippen molar-refractivity contribution in [2.24, 2.45) is 0 Å². The van der Waals surface area contributed by atoms with E-state index in [0.717, 1.165) is 5.66 Å². The molecule has 1 fully saturated rings. The molecule has 0 bridgehead atoms. The lowest BCUT2D eigenvalue weighted by molar-refractivity contribution is 0.509. The molecule has 0 amide bonds. The minimum atomic E-state index is 1.05. The van der Waals surface area contributed by atoms with Crippen LogP contribution < -0.4 is 0 Å². The predicted octanol–water partition coefficient (Wildman–Crippen LogP) is 7.97. The van der Waals surface area contributed by atoms with E-state index in [4.69, 9.17) is 0 Å². The second-order valence-corrected chi connectivity index (χ2v) is 8.63. The van der Waals surface area contributed by atoms with Crippen molar-refractivity contribution in [1.29, 1.82) is 0 Å². The molecule has 21 heavy (non-hydrogen) atoms. The monoisotopic (exact) mass is 311 g/mol. The fourth-order valence-electron chi connectivity index (χ4n) is 3.49. The summed E-state index contributed by atoms with van der Waals surface area (Å²) in [5.74, 6) is 0. The summed E-state index contributed by atoms with van der Waals surface area (Å²) in [4.78, 5) is 0. The molecule has 0 N–H and O–H groups in total. The molecule has 1 aliphatic rings. The molecule has 0 aromatic rings. The zero-order chi connectivity index (χ0) is 15.0. The Morgan fingerprint density at radius 1 is 0.619 bits per heavy atom. The minimum Gasteiger partial charge on any atom is -0.0775 e. The molecular weight excluding hydrogens is 271 g/mol. The van der Waals surface area contributed by atoms with Crippen LogP contribution in [-0.2, 0) is 0 Å². The van der Waals surface area contributed by atoms with Crippen LogP contribution in [0.3, 0.4) is 0 Å². The van der Waals surface area contributed by atoms with E-state index in [9.17, 15) is 0 Å². The van der Waals surface area contributed by atoms with Gasteiger partial charge in [-0.25, -0.2) is 0 Å². The van der Waals surface area contributed by atoms with Gasteiger partial charge in [0.2, 0.25) is 0 Å². The van der Waals surface area contributed by atoms with Gasteiger partial charge >= 0.3 is 0 Å². The summed E-state index contributed by atoms with van der Waals surface area (Å²) in [5, 5.41) is 0. The third-order valence-corrected chi connectivity index (χ3v) is 6.58. The van der Waals surface area contributed by atoms with Crippen molar-refractivity contribution in [3.05, 3.63) is 0 Å². The van der Waals surface area contributed by atoms with Gasteiger partial charge in [0.25, 0.3) is 0 Å². The molecule has 1 aliphatic carbocycles. The quantitative estimate of drug-likeness (QED) is 0.283. The van der Waals surface area contributed by atoms with Gasteiger partial charge in [0, 0.05) is 0 Å². The van der Waals surface area contributed by atoms with Crippen molar-refractivity contribution in [1.82, 2.24) is 0 Å². The van der Waals surface area contributed by atoms with Gasteiger partial charge in [-0.05, 0) is 31.1 Å². The van der Waals surface area contributed by atoms with Crippen LogP contribution >= 0.6 is 8.58 Å². The fourth-order valence-corrected chi connectivity index (χ4v) is 4.99. The molecule has 0 atom stereocenters. The summed E-state index contributed by atoms with van der Waals surface area (Å²) in [6, 6.07) is 0. The normalized spacial score (nSPS) is 19.3. The zero-order valence-corrected chi connectivity index (χ0v) is 15.6. The van der Waals surface area contributed by atoms with E-state index in [1.807, 2.05) is 0 Å². The summed E-state index contributed by atoms with van der Waals surface area (Å²) in [6.07, 6.45) is 26.8. The first kappa shape index (κ1) is 19.5. The van der Waals surface area contributed by atoms with Gasteiger partial charge in [-0.3, -0.25) is 0 Å². The van der Waals surface area contributed by atoms with E-state index in [1.54, 1.807) is 8.58 Å². The van der Waals surface area contributed by atoms with Crippen LogP contribution in [0.4, 0.5) is 0 Å². The van der Waals surface area contributed by atoms with Crippen molar-refractivity contribution < 1.29 is 0 Å². The van der Waals surface area contributed by atoms with Crippen LogP contribution in [0.15, 0.2) is 0 Å². The highest BCUT2D eigenvalue weighted by molar-refractivity contribution is 7.38. The lowest BCUT2D eigenvalue weighted by atomic mass is 10.0. The smallest absolute Gasteiger partial charge is 0.0170 e. The summed E-state index contributed by atoms with van der Waals surface area (Å²) < 4.78 is 0. The molecule has 0 heterocycles. The maximum absolute atomic E-state index is 2.30. The number of unbranched alkanes of at least 4 members (excludes halogenated alkanes) is 7. The third-order valence-electron chi connectivity index (χ3n) is 4.97. The minimum absolute atomic E-state index is 1.05. The molecule has 0 aliphatic heterocycles. The van der Waals surface area contributed by atoms with Crippen LogP contribution in [0.5, 0.6) is 0 Å². The van der Waals surface area contributed by atoms with Gasteiger partial charge in [0.05, 0.1) is 0 Å². The van der Waals surface area contributed by atoms with E-state index in [2.05, 4.69) is 6.92 Å². The molecule has 0 unspecified atom stereocenters. The maximum Gasteiger partial charge on any atom is -0.0170 e. The maximum atomic E-state index is 2.30. The summed E-state index contributed by atoms with van der Waals surface area (Å²) in [6.45, 7) is 2.30. The average molecular weight is 312 g/mol. The summed E-state index contributed by atoms with van der Waals surface area (Å²) in [7, 11) is 1.79. The average Bonchev–Trinajstić information content (AvgIpc) is 2.51.